The van der Waals surface area contributed by atoms with Crippen LogP contribution in [0.15, 0.2) is 11.1 Å². The Morgan fingerprint density at radius 2 is 1.96 bits per heavy atom. The molecule has 140 valence electrons. The monoisotopic (exact) mass is 355 g/mol. The van der Waals surface area contributed by atoms with Gasteiger partial charge >= 0.3 is 5.97 Å². The van der Waals surface area contributed by atoms with Gasteiger partial charge in [0.2, 0.25) is 0 Å². The quantitative estimate of drug-likeness (QED) is 0.734. The van der Waals surface area contributed by atoms with Crippen LogP contribution in [-0.4, -0.2) is 40.9 Å². The van der Waals surface area contributed by atoms with E-state index in [0.29, 0.717) is 30.1 Å². The number of piperidine rings is 1. The van der Waals surface area contributed by atoms with Gasteiger partial charge in [0.15, 0.2) is 0 Å². The van der Waals surface area contributed by atoms with E-state index in [0.717, 1.165) is 38.8 Å². The summed E-state index contributed by atoms with van der Waals surface area (Å²) in [5.74, 6) is 0.657. The van der Waals surface area contributed by atoms with E-state index in [9.17, 15) is 14.7 Å². The Bertz CT molecular complexity index is 771. The Kier molecular flexibility index (Phi) is 2.82. The molecule has 0 aromatic rings. The van der Waals surface area contributed by atoms with E-state index in [4.69, 9.17) is 0 Å². The van der Waals surface area contributed by atoms with Gasteiger partial charge in [0.05, 0.1) is 11.3 Å². The number of fused-ring (bicyclic) bond motifs is 1. The second-order valence-electron chi connectivity index (χ2n) is 10.4. The molecule has 0 radical (unpaired) electrons. The van der Waals surface area contributed by atoms with Crippen LogP contribution in [0.2, 0.25) is 0 Å². The van der Waals surface area contributed by atoms with Gasteiger partial charge in [-0.2, -0.15) is 0 Å². The summed E-state index contributed by atoms with van der Waals surface area (Å²) in [6.45, 7) is 6.82. The number of carbonyl (C=O) groups excluding carboxylic acids is 1. The van der Waals surface area contributed by atoms with Gasteiger partial charge in [0, 0.05) is 30.5 Å². The molecule has 0 aromatic carbocycles. The fourth-order valence-corrected chi connectivity index (χ4v) is 8.87. The topological polar surface area (TPSA) is 57.6 Å². The number of allylic oxidation sites excluding steroid dienone is 2. The Balaban J connectivity index is 1.65. The molecule has 2 bridgehead atoms. The predicted octanol–water partition coefficient (Wildman–Crippen LogP) is 3.12. The number of Topliss-reactive ketones (excluding diaryl/α,β-unsaturated/α-hetero) is 1. The fourth-order valence-electron chi connectivity index (χ4n) is 8.87. The van der Waals surface area contributed by atoms with E-state index in [1.807, 2.05) is 0 Å². The molecule has 1 N–H and O–H groups in total. The predicted molar refractivity (Wildman–Crippen MR) is 96.4 cm³/mol. The standard InChI is InChI=1S/C22H29NO3/c1-11-9-23-10-13-5-3-12-4-6-14-16(20(25)26)8-22(18(12)14)19(24)15(11)7-17(23)21(13,22)2/h11,13-17H,3-10H2,1-2H3,(H,25,26)/t11?,13?,14-,15-,16?,17?,21-,22+/m1/s1. The van der Waals surface area contributed by atoms with E-state index in [1.165, 1.54) is 17.6 Å². The average molecular weight is 355 g/mol. The van der Waals surface area contributed by atoms with E-state index in [1.54, 1.807) is 0 Å². The summed E-state index contributed by atoms with van der Waals surface area (Å²) in [7, 11) is 0. The molecular weight excluding hydrogens is 326 g/mol. The third kappa shape index (κ3) is 1.44. The van der Waals surface area contributed by atoms with Crippen molar-refractivity contribution in [2.75, 3.05) is 13.1 Å². The van der Waals surface area contributed by atoms with Gasteiger partial charge in [0.25, 0.3) is 0 Å². The highest BCUT2D eigenvalue weighted by Gasteiger charge is 2.76. The van der Waals surface area contributed by atoms with E-state index in [2.05, 4.69) is 18.7 Å². The summed E-state index contributed by atoms with van der Waals surface area (Å²) in [5, 5.41) is 9.99. The average Bonchev–Trinajstić information content (AvgIpc) is 3.21. The van der Waals surface area contributed by atoms with Crippen molar-refractivity contribution in [3.8, 4) is 0 Å². The maximum atomic E-state index is 14.1. The van der Waals surface area contributed by atoms with Crippen molar-refractivity contribution in [3.63, 3.8) is 0 Å². The second-order valence-corrected chi connectivity index (χ2v) is 10.4. The van der Waals surface area contributed by atoms with E-state index in [-0.39, 0.29) is 23.2 Å². The van der Waals surface area contributed by atoms with Crippen molar-refractivity contribution in [1.29, 1.82) is 0 Å². The van der Waals surface area contributed by atoms with Crippen molar-refractivity contribution in [2.45, 2.75) is 58.4 Å². The van der Waals surface area contributed by atoms with Gasteiger partial charge < -0.3 is 5.11 Å². The molecule has 4 fully saturated rings. The molecule has 8 atom stereocenters. The number of carbonyl (C=O) groups is 2. The van der Waals surface area contributed by atoms with Crippen LogP contribution in [0.3, 0.4) is 0 Å². The first-order chi connectivity index (χ1) is 12.4. The molecule has 26 heavy (non-hydrogen) atoms. The van der Waals surface area contributed by atoms with Crippen LogP contribution in [0, 0.1) is 40.4 Å². The zero-order chi connectivity index (χ0) is 18.0. The third-order valence-electron chi connectivity index (χ3n) is 9.89. The number of aliphatic carboxylic acids is 1. The molecule has 0 amide bonds. The number of nitrogens with zero attached hydrogens (tertiary/aromatic N) is 1. The fraction of sp³-hybridized carbons (Fsp3) is 0.818. The third-order valence-corrected chi connectivity index (χ3v) is 9.89. The van der Waals surface area contributed by atoms with Crippen LogP contribution in [-0.2, 0) is 9.59 Å². The Labute approximate surface area is 155 Å². The van der Waals surface area contributed by atoms with Crippen molar-refractivity contribution >= 4 is 11.8 Å². The Hall–Kier alpha value is -1.16. The maximum absolute atomic E-state index is 14.1. The minimum atomic E-state index is -0.669. The molecule has 2 aliphatic heterocycles. The van der Waals surface area contributed by atoms with Crippen molar-refractivity contribution in [1.82, 2.24) is 4.90 Å². The summed E-state index contributed by atoms with van der Waals surface area (Å²) in [4.78, 5) is 29.0. The lowest BCUT2D eigenvalue weighted by Gasteiger charge is -2.59. The van der Waals surface area contributed by atoms with E-state index < -0.39 is 11.4 Å². The van der Waals surface area contributed by atoms with Crippen molar-refractivity contribution < 1.29 is 14.7 Å². The number of hydrogen-bond donors (Lipinski definition) is 1. The molecular formula is C22H29NO3. The molecule has 4 unspecified atom stereocenters. The zero-order valence-electron chi connectivity index (χ0n) is 15.8. The number of carboxylic acids is 1. The van der Waals surface area contributed by atoms with Crippen LogP contribution < -0.4 is 0 Å². The first-order valence-electron chi connectivity index (χ1n) is 10.6. The van der Waals surface area contributed by atoms with Crippen LogP contribution in [0.4, 0.5) is 0 Å². The largest absolute Gasteiger partial charge is 0.481 e. The molecule has 2 saturated heterocycles. The zero-order valence-corrected chi connectivity index (χ0v) is 15.8. The Morgan fingerprint density at radius 3 is 2.73 bits per heavy atom. The number of carboxylic acid groups (broad SMARTS) is 1. The molecule has 2 saturated carbocycles. The van der Waals surface area contributed by atoms with Crippen molar-refractivity contribution in [3.05, 3.63) is 11.1 Å². The summed E-state index contributed by atoms with van der Waals surface area (Å²) in [5.41, 5.74) is 2.32. The molecule has 2 heterocycles. The van der Waals surface area contributed by atoms with Gasteiger partial charge in [-0.25, -0.2) is 0 Å². The summed E-state index contributed by atoms with van der Waals surface area (Å²) < 4.78 is 0. The van der Waals surface area contributed by atoms with Gasteiger partial charge in [-0.05, 0) is 56.3 Å². The number of rotatable bonds is 1. The van der Waals surface area contributed by atoms with Crippen LogP contribution >= 0.6 is 0 Å². The number of ketones is 1. The SMILES string of the molecule is CC1CN2CC3CCC4=C5[C@H](CC4)C(C(=O)O)C[C@@]54C(=O)[C@@H]1CC2[C@@]34C. The van der Waals surface area contributed by atoms with Crippen molar-refractivity contribution in [2.24, 2.45) is 40.4 Å². The molecule has 4 aliphatic carbocycles. The van der Waals surface area contributed by atoms with Crippen LogP contribution in [0.25, 0.3) is 0 Å². The smallest absolute Gasteiger partial charge is 0.307 e. The molecule has 0 aromatic heterocycles. The summed E-state index contributed by atoms with van der Waals surface area (Å²) in [6.07, 6.45) is 5.91. The molecule has 4 nitrogen and oxygen atoms in total. The second kappa shape index (κ2) is 4.63. The van der Waals surface area contributed by atoms with Crippen LogP contribution in [0.5, 0.6) is 0 Å². The summed E-state index contributed by atoms with van der Waals surface area (Å²) in [6, 6.07) is 0.479. The molecule has 1 spiro atoms. The summed E-state index contributed by atoms with van der Waals surface area (Å²) >= 11 is 0. The Morgan fingerprint density at radius 1 is 1.19 bits per heavy atom. The normalized spacial score (nSPS) is 54.5. The molecule has 4 heteroatoms. The van der Waals surface area contributed by atoms with Gasteiger partial charge in [0.1, 0.15) is 5.78 Å². The lowest BCUT2D eigenvalue weighted by molar-refractivity contribution is -0.158. The minimum absolute atomic E-state index is 0.0510. The van der Waals surface area contributed by atoms with Gasteiger partial charge in [-0.3, -0.25) is 14.5 Å². The lowest BCUT2D eigenvalue weighted by Crippen LogP contribution is -2.64. The lowest BCUT2D eigenvalue weighted by atomic mass is 9.45. The first kappa shape index (κ1) is 15.9. The maximum Gasteiger partial charge on any atom is 0.307 e. The highest BCUT2D eigenvalue weighted by Crippen LogP contribution is 2.74. The first-order valence-corrected chi connectivity index (χ1v) is 10.6. The molecule has 6 aliphatic rings. The highest BCUT2D eigenvalue weighted by molar-refractivity contribution is 5.95. The van der Waals surface area contributed by atoms with Crippen LogP contribution in [0.1, 0.15) is 52.4 Å². The minimum Gasteiger partial charge on any atom is -0.481 e. The van der Waals surface area contributed by atoms with Gasteiger partial charge in [-0.1, -0.05) is 25.0 Å². The number of hydrogen-bond acceptors (Lipinski definition) is 3. The highest BCUT2D eigenvalue weighted by atomic mass is 16.4. The van der Waals surface area contributed by atoms with E-state index >= 15 is 0 Å². The molecule has 6 rings (SSSR count). The van der Waals surface area contributed by atoms with Gasteiger partial charge in [-0.15, -0.1) is 0 Å².